The van der Waals surface area contributed by atoms with Crippen LogP contribution in [0.3, 0.4) is 0 Å². The number of nitrogens with two attached hydrogens (primary N) is 1. The Kier molecular flexibility index (Phi) is 4.34. The molecule has 0 saturated carbocycles. The van der Waals surface area contributed by atoms with Gasteiger partial charge in [0.15, 0.2) is 0 Å². The Labute approximate surface area is 72.6 Å². The molecular formula is C9H14N2O. The van der Waals surface area contributed by atoms with E-state index in [-0.39, 0.29) is 0 Å². The topological polar surface area (TPSA) is 48.1 Å². The van der Waals surface area contributed by atoms with Crippen molar-refractivity contribution >= 4 is 0 Å². The highest BCUT2D eigenvalue weighted by molar-refractivity contribution is 5.06. The lowest BCUT2D eigenvalue weighted by atomic mass is 10.3. The third-order valence-electron chi connectivity index (χ3n) is 1.48. The lowest BCUT2D eigenvalue weighted by Gasteiger charge is -2.01. The summed E-state index contributed by atoms with van der Waals surface area (Å²) in [5.74, 6) is 0. The van der Waals surface area contributed by atoms with Crippen LogP contribution in [0.1, 0.15) is 12.0 Å². The molecule has 0 aliphatic carbocycles. The van der Waals surface area contributed by atoms with Crippen LogP contribution in [0.5, 0.6) is 0 Å². The summed E-state index contributed by atoms with van der Waals surface area (Å²) >= 11 is 0. The second-order valence-electron chi connectivity index (χ2n) is 2.56. The van der Waals surface area contributed by atoms with E-state index < -0.39 is 0 Å². The van der Waals surface area contributed by atoms with E-state index >= 15 is 0 Å². The number of hydrogen-bond acceptors (Lipinski definition) is 3. The Morgan fingerprint density at radius 3 is 3.08 bits per heavy atom. The summed E-state index contributed by atoms with van der Waals surface area (Å²) in [7, 11) is 0. The van der Waals surface area contributed by atoms with E-state index in [0.717, 1.165) is 18.6 Å². The van der Waals surface area contributed by atoms with E-state index in [4.69, 9.17) is 10.5 Å². The van der Waals surface area contributed by atoms with Crippen LogP contribution in [0, 0.1) is 0 Å². The van der Waals surface area contributed by atoms with Gasteiger partial charge in [-0.25, -0.2) is 0 Å². The quantitative estimate of drug-likeness (QED) is 0.662. The predicted molar refractivity (Wildman–Crippen MR) is 47.6 cm³/mol. The molecule has 0 unspecified atom stereocenters. The van der Waals surface area contributed by atoms with E-state index in [1.54, 1.807) is 6.20 Å². The van der Waals surface area contributed by atoms with Crippen LogP contribution in [0.15, 0.2) is 24.5 Å². The second-order valence-corrected chi connectivity index (χ2v) is 2.56. The highest BCUT2D eigenvalue weighted by atomic mass is 16.5. The molecule has 1 rings (SSSR count). The molecule has 0 radical (unpaired) electrons. The van der Waals surface area contributed by atoms with Gasteiger partial charge in [-0.3, -0.25) is 4.98 Å². The molecule has 0 bridgehead atoms. The zero-order valence-corrected chi connectivity index (χ0v) is 7.07. The zero-order valence-electron chi connectivity index (χ0n) is 7.07. The zero-order chi connectivity index (χ0) is 8.65. The maximum absolute atomic E-state index is 5.34. The average Bonchev–Trinajstić information content (AvgIpc) is 2.14. The van der Waals surface area contributed by atoms with Crippen molar-refractivity contribution < 1.29 is 4.74 Å². The Bertz CT molecular complexity index is 201. The van der Waals surface area contributed by atoms with Crippen molar-refractivity contribution in [2.45, 2.75) is 13.0 Å². The number of ether oxygens (including phenoxy) is 1. The summed E-state index contributed by atoms with van der Waals surface area (Å²) in [4.78, 5) is 3.98. The minimum Gasteiger partial charge on any atom is -0.377 e. The molecule has 1 heterocycles. The van der Waals surface area contributed by atoms with Crippen LogP contribution < -0.4 is 5.73 Å². The lowest BCUT2D eigenvalue weighted by Crippen LogP contribution is -2.04. The van der Waals surface area contributed by atoms with E-state index in [1.165, 1.54) is 0 Å². The molecule has 0 atom stereocenters. The van der Waals surface area contributed by atoms with Gasteiger partial charge in [0, 0.05) is 19.0 Å². The molecule has 1 aromatic heterocycles. The Morgan fingerprint density at radius 1 is 1.50 bits per heavy atom. The molecule has 0 saturated heterocycles. The van der Waals surface area contributed by atoms with Crippen molar-refractivity contribution in [2.75, 3.05) is 13.2 Å². The number of hydrogen-bond donors (Lipinski definition) is 1. The largest absolute Gasteiger partial charge is 0.377 e. The van der Waals surface area contributed by atoms with Crippen LogP contribution in [0.2, 0.25) is 0 Å². The van der Waals surface area contributed by atoms with Crippen LogP contribution in [-0.4, -0.2) is 18.1 Å². The first kappa shape index (κ1) is 9.16. The van der Waals surface area contributed by atoms with Gasteiger partial charge in [0.25, 0.3) is 0 Å². The summed E-state index contributed by atoms with van der Waals surface area (Å²) in [5, 5.41) is 0. The van der Waals surface area contributed by atoms with Gasteiger partial charge in [-0.2, -0.15) is 0 Å². The molecule has 0 aliphatic rings. The smallest absolute Gasteiger partial charge is 0.0731 e. The van der Waals surface area contributed by atoms with Crippen molar-refractivity contribution in [1.82, 2.24) is 4.98 Å². The van der Waals surface area contributed by atoms with E-state index in [2.05, 4.69) is 4.98 Å². The summed E-state index contributed by atoms with van der Waals surface area (Å²) in [6.45, 7) is 2.05. The van der Waals surface area contributed by atoms with Gasteiger partial charge in [0.05, 0.1) is 6.61 Å². The normalized spacial score (nSPS) is 10.1. The molecule has 0 amide bonds. The van der Waals surface area contributed by atoms with E-state index in [0.29, 0.717) is 13.2 Å². The highest BCUT2D eigenvalue weighted by Gasteiger charge is 1.90. The van der Waals surface area contributed by atoms with Crippen molar-refractivity contribution in [3.8, 4) is 0 Å². The van der Waals surface area contributed by atoms with Gasteiger partial charge >= 0.3 is 0 Å². The minimum atomic E-state index is 0.633. The monoisotopic (exact) mass is 166 g/mol. The predicted octanol–water partition coefficient (Wildman–Crippen LogP) is 0.947. The summed E-state index contributed by atoms with van der Waals surface area (Å²) in [6, 6.07) is 3.90. The van der Waals surface area contributed by atoms with Crippen LogP contribution in [0.4, 0.5) is 0 Å². The van der Waals surface area contributed by atoms with E-state index in [1.807, 2.05) is 18.3 Å². The fourth-order valence-electron chi connectivity index (χ4n) is 0.859. The first-order valence-electron chi connectivity index (χ1n) is 4.10. The van der Waals surface area contributed by atoms with Crippen LogP contribution in [-0.2, 0) is 11.3 Å². The number of nitrogens with zero attached hydrogens (tertiary/aromatic N) is 1. The molecule has 0 spiro atoms. The van der Waals surface area contributed by atoms with E-state index in [9.17, 15) is 0 Å². The first-order chi connectivity index (χ1) is 5.93. The molecule has 66 valence electrons. The highest BCUT2D eigenvalue weighted by Crippen LogP contribution is 1.97. The number of aromatic nitrogens is 1. The third-order valence-corrected chi connectivity index (χ3v) is 1.48. The van der Waals surface area contributed by atoms with Gasteiger partial charge in [-0.05, 0) is 24.6 Å². The van der Waals surface area contributed by atoms with Gasteiger partial charge in [-0.1, -0.05) is 6.07 Å². The minimum absolute atomic E-state index is 0.633. The van der Waals surface area contributed by atoms with Crippen LogP contribution in [0.25, 0.3) is 0 Å². The van der Waals surface area contributed by atoms with Gasteiger partial charge < -0.3 is 10.5 Å². The molecule has 12 heavy (non-hydrogen) atoms. The maximum Gasteiger partial charge on any atom is 0.0731 e. The molecular weight excluding hydrogens is 152 g/mol. The first-order valence-corrected chi connectivity index (χ1v) is 4.10. The fraction of sp³-hybridized carbons (Fsp3) is 0.444. The SMILES string of the molecule is NCCCOCc1cccnc1. The number of rotatable bonds is 5. The van der Waals surface area contributed by atoms with Crippen molar-refractivity contribution in [2.24, 2.45) is 5.73 Å². The summed E-state index contributed by atoms with van der Waals surface area (Å²) in [5.41, 5.74) is 6.42. The molecule has 0 aromatic carbocycles. The summed E-state index contributed by atoms with van der Waals surface area (Å²) in [6.07, 6.45) is 4.48. The number of pyridine rings is 1. The van der Waals surface area contributed by atoms with Crippen molar-refractivity contribution in [3.05, 3.63) is 30.1 Å². The molecule has 2 N–H and O–H groups in total. The molecule has 1 aromatic rings. The molecule has 0 aliphatic heterocycles. The van der Waals surface area contributed by atoms with Gasteiger partial charge in [0.1, 0.15) is 0 Å². The maximum atomic E-state index is 5.34. The second kappa shape index (κ2) is 5.69. The Hall–Kier alpha value is -0.930. The third kappa shape index (κ3) is 3.46. The standard InChI is InChI=1S/C9H14N2O/c10-4-2-6-12-8-9-3-1-5-11-7-9/h1,3,5,7H,2,4,6,8,10H2. The summed E-state index contributed by atoms with van der Waals surface area (Å²) < 4.78 is 5.34. The average molecular weight is 166 g/mol. The lowest BCUT2D eigenvalue weighted by molar-refractivity contribution is 0.120. The van der Waals surface area contributed by atoms with Crippen molar-refractivity contribution in [1.29, 1.82) is 0 Å². The fourth-order valence-corrected chi connectivity index (χ4v) is 0.859. The van der Waals surface area contributed by atoms with Gasteiger partial charge in [-0.15, -0.1) is 0 Å². The van der Waals surface area contributed by atoms with Crippen molar-refractivity contribution in [3.63, 3.8) is 0 Å². The Morgan fingerprint density at radius 2 is 2.42 bits per heavy atom. The van der Waals surface area contributed by atoms with Crippen LogP contribution >= 0.6 is 0 Å². The van der Waals surface area contributed by atoms with Gasteiger partial charge in [0.2, 0.25) is 0 Å². The molecule has 0 fully saturated rings. The molecule has 3 heteroatoms. The Balaban J connectivity index is 2.16. The molecule has 3 nitrogen and oxygen atoms in total.